The quantitative estimate of drug-likeness (QED) is 0.414. The Kier molecular flexibility index (Phi) is 1.68. The first kappa shape index (κ1) is 6.76. The number of aliphatic hydroxyl groups is 1. The Morgan fingerprint density at radius 3 is 2.90 bits per heavy atom. The Hall–Kier alpha value is -1.36. The van der Waals surface area contributed by atoms with E-state index in [0.717, 1.165) is 12.3 Å². The highest BCUT2D eigenvalue weighted by atomic mass is 16.6. The molecule has 1 N–H and O–H groups in total. The van der Waals surface area contributed by atoms with Gasteiger partial charge < -0.3 is 9.84 Å². The van der Waals surface area contributed by atoms with Crippen LogP contribution in [0, 0.1) is 10.1 Å². The molecule has 0 spiro atoms. The van der Waals surface area contributed by atoms with Gasteiger partial charge >= 0.3 is 0 Å². The summed E-state index contributed by atoms with van der Waals surface area (Å²) in [4.78, 5) is 9.42. The van der Waals surface area contributed by atoms with Crippen molar-refractivity contribution in [1.29, 1.82) is 0 Å². The van der Waals surface area contributed by atoms with E-state index in [4.69, 9.17) is 5.11 Å². The Labute approximate surface area is 56.4 Å². The molecule has 0 saturated heterocycles. The number of ether oxygens (including phenoxy) is 1. The molecule has 0 amide bonds. The molecule has 1 unspecified atom stereocenters. The fourth-order valence-electron chi connectivity index (χ4n) is 0.552. The summed E-state index contributed by atoms with van der Waals surface area (Å²) in [7, 11) is 0. The van der Waals surface area contributed by atoms with Crippen LogP contribution in [0.1, 0.15) is 0 Å². The van der Waals surface area contributed by atoms with Gasteiger partial charge in [0.25, 0.3) is 5.70 Å². The largest absolute Gasteiger partial charge is 0.469 e. The molecule has 1 aliphatic rings. The zero-order valence-corrected chi connectivity index (χ0v) is 4.93. The van der Waals surface area contributed by atoms with E-state index in [1.165, 1.54) is 6.08 Å². The maximum absolute atomic E-state index is 10.0. The van der Waals surface area contributed by atoms with Crippen LogP contribution in [0.5, 0.6) is 0 Å². The van der Waals surface area contributed by atoms with Crippen LogP contribution in [0.25, 0.3) is 0 Å². The van der Waals surface area contributed by atoms with E-state index in [1.807, 2.05) is 0 Å². The van der Waals surface area contributed by atoms with Gasteiger partial charge in [0.05, 0.1) is 23.3 Å². The first-order chi connectivity index (χ1) is 4.70. The van der Waals surface area contributed by atoms with Gasteiger partial charge in [-0.25, -0.2) is 0 Å². The topological polar surface area (TPSA) is 72.6 Å². The number of aliphatic hydroxyl groups excluding tert-OH is 1. The van der Waals surface area contributed by atoms with Crippen molar-refractivity contribution in [3.8, 4) is 0 Å². The maximum Gasteiger partial charge on any atom is 0.274 e. The minimum atomic E-state index is -1.19. The second-order valence-electron chi connectivity index (χ2n) is 1.68. The lowest BCUT2D eigenvalue weighted by Gasteiger charge is -2.07. The number of nitro groups is 1. The maximum atomic E-state index is 10.0. The molecule has 5 nitrogen and oxygen atoms in total. The van der Waals surface area contributed by atoms with Gasteiger partial charge in [-0.1, -0.05) is 0 Å². The van der Waals surface area contributed by atoms with E-state index in [9.17, 15) is 10.1 Å². The molecule has 0 aromatic rings. The molecular weight excluding hydrogens is 138 g/mol. The van der Waals surface area contributed by atoms with Gasteiger partial charge in [-0.2, -0.15) is 0 Å². The third-order valence-corrected chi connectivity index (χ3v) is 0.981. The molecule has 0 aromatic heterocycles. The van der Waals surface area contributed by atoms with Crippen LogP contribution in [0.15, 0.2) is 24.1 Å². The van der Waals surface area contributed by atoms with Crippen LogP contribution in [-0.2, 0) is 4.74 Å². The Morgan fingerprint density at radius 2 is 2.50 bits per heavy atom. The molecular formula is C5H5NO4. The van der Waals surface area contributed by atoms with Crippen molar-refractivity contribution in [1.82, 2.24) is 0 Å². The molecule has 0 fully saturated rings. The summed E-state index contributed by atoms with van der Waals surface area (Å²) in [6.07, 6.45) is 2.08. The SMILES string of the molecule is O=[N+]([O-])C1=CC(O)OC=C1. The molecule has 5 heteroatoms. The third kappa shape index (κ3) is 1.32. The summed E-state index contributed by atoms with van der Waals surface area (Å²) < 4.78 is 4.45. The minimum absolute atomic E-state index is 0.154. The summed E-state index contributed by atoms with van der Waals surface area (Å²) in [6.45, 7) is 0. The standard InChI is InChI=1S/C5H5NO4/c7-5-3-4(6(8)9)1-2-10-5/h1-3,5,7H. The van der Waals surface area contributed by atoms with Crippen molar-refractivity contribution in [3.63, 3.8) is 0 Å². The highest BCUT2D eigenvalue weighted by Gasteiger charge is 2.13. The van der Waals surface area contributed by atoms with Gasteiger partial charge in [-0.3, -0.25) is 10.1 Å². The number of hydrogen-bond acceptors (Lipinski definition) is 4. The van der Waals surface area contributed by atoms with E-state index in [0.29, 0.717) is 0 Å². The first-order valence-electron chi connectivity index (χ1n) is 2.56. The molecule has 1 aliphatic heterocycles. The summed E-state index contributed by atoms with van der Waals surface area (Å²) in [5, 5.41) is 18.7. The van der Waals surface area contributed by atoms with E-state index in [-0.39, 0.29) is 5.70 Å². The molecule has 0 aromatic carbocycles. The Balaban J connectivity index is 2.76. The van der Waals surface area contributed by atoms with Gasteiger partial charge in [0, 0.05) is 0 Å². The van der Waals surface area contributed by atoms with Gasteiger partial charge in [-0.05, 0) is 0 Å². The van der Waals surface area contributed by atoms with Crippen molar-refractivity contribution in [2.75, 3.05) is 0 Å². The zero-order valence-electron chi connectivity index (χ0n) is 4.93. The zero-order chi connectivity index (χ0) is 7.56. The summed E-state index contributed by atoms with van der Waals surface area (Å²) >= 11 is 0. The van der Waals surface area contributed by atoms with Gasteiger partial charge in [-0.15, -0.1) is 0 Å². The number of hydrogen-bond donors (Lipinski definition) is 1. The van der Waals surface area contributed by atoms with Gasteiger partial charge in [0.2, 0.25) is 6.29 Å². The second-order valence-corrected chi connectivity index (χ2v) is 1.68. The highest BCUT2D eigenvalue weighted by molar-refractivity contribution is 5.12. The molecule has 1 heterocycles. The summed E-state index contributed by atoms with van der Waals surface area (Å²) in [5.41, 5.74) is -0.154. The van der Waals surface area contributed by atoms with Crippen LogP contribution in [0.2, 0.25) is 0 Å². The molecule has 0 bridgehead atoms. The molecule has 1 rings (SSSR count). The van der Waals surface area contributed by atoms with Crippen molar-refractivity contribution >= 4 is 0 Å². The Morgan fingerprint density at radius 1 is 1.80 bits per heavy atom. The van der Waals surface area contributed by atoms with E-state index < -0.39 is 11.2 Å². The monoisotopic (exact) mass is 143 g/mol. The van der Waals surface area contributed by atoms with E-state index in [1.54, 1.807) is 0 Å². The predicted molar refractivity (Wildman–Crippen MR) is 31.3 cm³/mol. The first-order valence-corrected chi connectivity index (χ1v) is 2.56. The third-order valence-electron chi connectivity index (χ3n) is 0.981. The van der Waals surface area contributed by atoms with Crippen molar-refractivity contribution in [3.05, 3.63) is 34.2 Å². The summed E-state index contributed by atoms with van der Waals surface area (Å²) in [6, 6.07) is 0. The van der Waals surface area contributed by atoms with Gasteiger partial charge in [0.1, 0.15) is 0 Å². The molecule has 10 heavy (non-hydrogen) atoms. The smallest absolute Gasteiger partial charge is 0.274 e. The average molecular weight is 143 g/mol. The fraction of sp³-hybridized carbons (Fsp3) is 0.200. The lowest BCUT2D eigenvalue weighted by atomic mass is 10.3. The lowest BCUT2D eigenvalue weighted by molar-refractivity contribution is -0.420. The number of nitrogens with zero attached hydrogens (tertiary/aromatic N) is 1. The molecule has 0 saturated carbocycles. The molecule has 54 valence electrons. The van der Waals surface area contributed by atoms with Crippen molar-refractivity contribution < 1.29 is 14.8 Å². The van der Waals surface area contributed by atoms with Crippen LogP contribution in [0.4, 0.5) is 0 Å². The van der Waals surface area contributed by atoms with Crippen LogP contribution >= 0.6 is 0 Å². The van der Waals surface area contributed by atoms with Crippen LogP contribution in [0.3, 0.4) is 0 Å². The minimum Gasteiger partial charge on any atom is -0.469 e. The van der Waals surface area contributed by atoms with Crippen molar-refractivity contribution in [2.24, 2.45) is 0 Å². The van der Waals surface area contributed by atoms with Crippen LogP contribution < -0.4 is 0 Å². The predicted octanol–water partition coefficient (Wildman–Crippen LogP) is 0.00930. The molecule has 1 atom stereocenters. The lowest BCUT2D eigenvalue weighted by Crippen LogP contribution is -2.11. The fourth-order valence-corrected chi connectivity index (χ4v) is 0.552. The second kappa shape index (κ2) is 2.49. The number of rotatable bonds is 1. The average Bonchev–Trinajstić information content (AvgIpc) is 1.88. The van der Waals surface area contributed by atoms with Gasteiger partial charge in [0.15, 0.2) is 0 Å². The molecule has 0 aliphatic carbocycles. The Bertz CT molecular complexity index is 208. The van der Waals surface area contributed by atoms with Crippen LogP contribution in [-0.4, -0.2) is 16.3 Å². The van der Waals surface area contributed by atoms with E-state index in [2.05, 4.69) is 4.74 Å². The summed E-state index contributed by atoms with van der Waals surface area (Å²) in [5.74, 6) is 0. The number of allylic oxidation sites excluding steroid dienone is 1. The van der Waals surface area contributed by atoms with Crippen molar-refractivity contribution in [2.45, 2.75) is 6.29 Å². The normalized spacial score (nSPS) is 23.3. The van der Waals surface area contributed by atoms with E-state index >= 15 is 0 Å². The highest BCUT2D eigenvalue weighted by Crippen LogP contribution is 2.07. The molecule has 0 radical (unpaired) electrons.